The van der Waals surface area contributed by atoms with E-state index in [0.29, 0.717) is 11.9 Å². The summed E-state index contributed by atoms with van der Waals surface area (Å²) < 4.78 is 7.38. The lowest BCUT2D eigenvalue weighted by Crippen LogP contribution is -2.16. The molecule has 1 rings (SSSR count). The molecule has 0 heterocycles. The maximum Gasteiger partial charge on any atom is 0.417 e. The van der Waals surface area contributed by atoms with Crippen molar-refractivity contribution in [2.75, 3.05) is 6.61 Å². The van der Waals surface area contributed by atoms with E-state index in [1.165, 1.54) is 16.5 Å². The van der Waals surface area contributed by atoms with E-state index in [1.807, 2.05) is 18.2 Å². The molecule has 1 aromatic carbocycles. The quantitative estimate of drug-likeness (QED) is 0.633. The largest absolute Gasteiger partial charge is 0.449 e. The zero-order chi connectivity index (χ0) is 12.5. The molecule has 5 heteroatoms. The van der Waals surface area contributed by atoms with Crippen molar-refractivity contribution < 1.29 is 9.53 Å². The normalized spacial score (nSPS) is 11.9. The standard InChI is InChI=1S/C12H17NO2S2/c1-3-15-12(14)13-17-16-10(2)9-11-7-5-4-6-8-11/h4-8,10H,3,9H2,1-2H3,(H,13,14). The Kier molecular flexibility index (Phi) is 6.96. The molecule has 0 fully saturated rings. The minimum absolute atomic E-state index is 0.378. The van der Waals surface area contributed by atoms with Crippen molar-refractivity contribution in [2.24, 2.45) is 0 Å². The summed E-state index contributed by atoms with van der Waals surface area (Å²) in [5.41, 5.74) is 1.31. The van der Waals surface area contributed by atoms with Gasteiger partial charge in [0, 0.05) is 16.2 Å². The van der Waals surface area contributed by atoms with Gasteiger partial charge in [0.25, 0.3) is 0 Å². The molecule has 17 heavy (non-hydrogen) atoms. The summed E-state index contributed by atoms with van der Waals surface area (Å²) in [6.07, 6.45) is 0.611. The van der Waals surface area contributed by atoms with E-state index in [0.717, 1.165) is 6.42 Å². The molecule has 1 atom stereocenters. The summed E-state index contributed by atoms with van der Waals surface area (Å²) >= 11 is 0. The molecule has 1 N–H and O–H groups in total. The van der Waals surface area contributed by atoms with Crippen LogP contribution in [0.15, 0.2) is 30.3 Å². The molecule has 0 aliphatic heterocycles. The van der Waals surface area contributed by atoms with E-state index in [2.05, 4.69) is 23.8 Å². The van der Waals surface area contributed by atoms with Crippen LogP contribution in [0.3, 0.4) is 0 Å². The number of ether oxygens (including phenoxy) is 1. The number of amides is 1. The molecule has 0 aliphatic carbocycles. The van der Waals surface area contributed by atoms with E-state index < -0.39 is 0 Å². The first kappa shape index (κ1) is 14.3. The van der Waals surface area contributed by atoms with E-state index >= 15 is 0 Å². The monoisotopic (exact) mass is 271 g/mol. The minimum Gasteiger partial charge on any atom is -0.449 e. The molecule has 0 saturated heterocycles. The fourth-order valence-corrected chi connectivity index (χ4v) is 2.93. The summed E-state index contributed by atoms with van der Waals surface area (Å²) in [7, 11) is 2.95. The second kappa shape index (κ2) is 8.31. The minimum atomic E-state index is -0.378. The zero-order valence-electron chi connectivity index (χ0n) is 10.0. The number of rotatable bonds is 6. The molecule has 0 radical (unpaired) electrons. The Morgan fingerprint density at radius 2 is 2.12 bits per heavy atom. The van der Waals surface area contributed by atoms with Crippen LogP contribution in [-0.2, 0) is 11.2 Å². The molecule has 0 saturated carbocycles. The van der Waals surface area contributed by atoms with Crippen molar-refractivity contribution in [3.63, 3.8) is 0 Å². The highest BCUT2D eigenvalue weighted by Gasteiger charge is 2.06. The topological polar surface area (TPSA) is 38.3 Å². The van der Waals surface area contributed by atoms with Crippen molar-refractivity contribution in [3.8, 4) is 0 Å². The van der Waals surface area contributed by atoms with Crippen LogP contribution >= 0.6 is 21.8 Å². The van der Waals surface area contributed by atoms with Crippen LogP contribution in [0.4, 0.5) is 4.79 Å². The number of hydrogen-bond acceptors (Lipinski definition) is 4. The number of benzene rings is 1. The van der Waals surface area contributed by atoms with Gasteiger partial charge in [-0.3, -0.25) is 4.72 Å². The lowest BCUT2D eigenvalue weighted by Gasteiger charge is -2.10. The second-order valence-electron chi connectivity index (χ2n) is 3.50. The predicted octanol–water partition coefficient (Wildman–Crippen LogP) is 3.66. The van der Waals surface area contributed by atoms with Gasteiger partial charge >= 0.3 is 6.09 Å². The van der Waals surface area contributed by atoms with E-state index in [4.69, 9.17) is 4.74 Å². The Morgan fingerprint density at radius 3 is 2.76 bits per heavy atom. The molecule has 0 aliphatic rings. The average molecular weight is 271 g/mol. The Morgan fingerprint density at radius 1 is 1.41 bits per heavy atom. The molecule has 0 spiro atoms. The van der Waals surface area contributed by atoms with E-state index in [-0.39, 0.29) is 6.09 Å². The van der Waals surface area contributed by atoms with Crippen molar-refractivity contribution in [1.29, 1.82) is 0 Å². The average Bonchev–Trinajstić information content (AvgIpc) is 2.30. The Hall–Kier alpha value is -0.810. The molecule has 1 amide bonds. The summed E-state index contributed by atoms with van der Waals surface area (Å²) in [6, 6.07) is 10.3. The lowest BCUT2D eigenvalue weighted by atomic mass is 10.1. The highest BCUT2D eigenvalue weighted by Crippen LogP contribution is 2.26. The van der Waals surface area contributed by atoms with Crippen LogP contribution in [-0.4, -0.2) is 18.0 Å². The Balaban J connectivity index is 2.17. The number of carbonyl (C=O) groups is 1. The molecular weight excluding hydrogens is 254 g/mol. The van der Waals surface area contributed by atoms with Gasteiger partial charge in [-0.2, -0.15) is 0 Å². The van der Waals surface area contributed by atoms with Crippen LogP contribution in [0.25, 0.3) is 0 Å². The smallest absolute Gasteiger partial charge is 0.417 e. The van der Waals surface area contributed by atoms with E-state index in [1.54, 1.807) is 17.7 Å². The molecule has 0 aromatic heterocycles. The summed E-state index contributed by atoms with van der Waals surface area (Å²) in [6.45, 7) is 4.32. The number of nitrogens with one attached hydrogen (secondary N) is 1. The summed E-state index contributed by atoms with van der Waals surface area (Å²) in [4.78, 5) is 11.0. The third-order valence-electron chi connectivity index (χ3n) is 1.98. The van der Waals surface area contributed by atoms with Gasteiger partial charge in [-0.1, -0.05) is 48.0 Å². The number of carbonyl (C=O) groups excluding carboxylic acids is 1. The fraction of sp³-hybridized carbons (Fsp3) is 0.417. The van der Waals surface area contributed by atoms with Crippen LogP contribution in [0, 0.1) is 0 Å². The first-order chi connectivity index (χ1) is 8.22. The van der Waals surface area contributed by atoms with Gasteiger partial charge in [0.2, 0.25) is 0 Å². The van der Waals surface area contributed by atoms with Gasteiger partial charge in [0.15, 0.2) is 0 Å². The molecule has 3 nitrogen and oxygen atoms in total. The van der Waals surface area contributed by atoms with Crippen LogP contribution in [0.1, 0.15) is 19.4 Å². The Labute approximate surface area is 110 Å². The second-order valence-corrected chi connectivity index (χ2v) is 5.95. The molecule has 1 aromatic rings. The highest BCUT2D eigenvalue weighted by molar-refractivity contribution is 8.76. The SMILES string of the molecule is CCOC(=O)NSSC(C)Cc1ccccc1. The molecule has 94 valence electrons. The zero-order valence-corrected chi connectivity index (χ0v) is 11.6. The maximum absolute atomic E-state index is 11.0. The van der Waals surface area contributed by atoms with Gasteiger partial charge < -0.3 is 4.74 Å². The Bertz CT molecular complexity index is 333. The molecule has 0 bridgehead atoms. The fourth-order valence-electron chi connectivity index (χ4n) is 1.28. The molecule has 1 unspecified atom stereocenters. The van der Waals surface area contributed by atoms with Crippen LogP contribution in [0.2, 0.25) is 0 Å². The predicted molar refractivity (Wildman–Crippen MR) is 74.9 cm³/mol. The molecular formula is C12H17NO2S2. The van der Waals surface area contributed by atoms with Crippen LogP contribution in [0.5, 0.6) is 0 Å². The maximum atomic E-state index is 11.0. The summed E-state index contributed by atoms with van der Waals surface area (Å²) in [5.74, 6) is 0. The third kappa shape index (κ3) is 6.48. The first-order valence-electron chi connectivity index (χ1n) is 5.51. The van der Waals surface area contributed by atoms with Crippen molar-refractivity contribution in [3.05, 3.63) is 35.9 Å². The third-order valence-corrected chi connectivity index (χ3v) is 4.34. The first-order valence-corrected chi connectivity index (χ1v) is 7.72. The lowest BCUT2D eigenvalue weighted by molar-refractivity contribution is 0.159. The van der Waals surface area contributed by atoms with Gasteiger partial charge in [0.1, 0.15) is 0 Å². The van der Waals surface area contributed by atoms with Crippen molar-refractivity contribution in [1.82, 2.24) is 4.72 Å². The number of hydrogen-bond donors (Lipinski definition) is 1. The van der Waals surface area contributed by atoms with Crippen molar-refractivity contribution in [2.45, 2.75) is 25.5 Å². The van der Waals surface area contributed by atoms with Crippen molar-refractivity contribution >= 4 is 27.9 Å². The van der Waals surface area contributed by atoms with Crippen LogP contribution < -0.4 is 4.72 Å². The van der Waals surface area contributed by atoms with Gasteiger partial charge in [-0.25, -0.2) is 4.79 Å². The van der Waals surface area contributed by atoms with Gasteiger partial charge in [0.05, 0.1) is 6.61 Å². The highest BCUT2D eigenvalue weighted by atomic mass is 33.1. The summed E-state index contributed by atoms with van der Waals surface area (Å²) in [5, 5.41) is 0.435. The van der Waals surface area contributed by atoms with Gasteiger partial charge in [-0.05, 0) is 18.9 Å². The van der Waals surface area contributed by atoms with E-state index in [9.17, 15) is 4.79 Å². The van der Waals surface area contributed by atoms with Gasteiger partial charge in [-0.15, -0.1) is 0 Å².